The lowest BCUT2D eigenvalue weighted by Crippen LogP contribution is -2.40. The van der Waals surface area contributed by atoms with Crippen LogP contribution in [0.1, 0.15) is 42.6 Å². The molecule has 170 valence electrons. The van der Waals surface area contributed by atoms with E-state index in [1.807, 2.05) is 20.2 Å². The third kappa shape index (κ3) is 4.98. The molecular weight excluding hydrogens is 413 g/mol. The number of piperidine rings is 1. The minimum Gasteiger partial charge on any atom is -0.484 e. The Labute approximate surface area is 186 Å². The number of aromatic nitrogens is 2. The largest absolute Gasteiger partial charge is 0.484 e. The van der Waals surface area contributed by atoms with Crippen molar-refractivity contribution in [1.29, 1.82) is 0 Å². The van der Waals surface area contributed by atoms with Gasteiger partial charge >= 0.3 is 0 Å². The van der Waals surface area contributed by atoms with Gasteiger partial charge in [-0.05, 0) is 37.1 Å². The molecule has 2 aliphatic rings. The minimum absolute atomic E-state index is 0.0740. The van der Waals surface area contributed by atoms with Crippen molar-refractivity contribution in [2.75, 3.05) is 45.7 Å². The summed E-state index contributed by atoms with van der Waals surface area (Å²) in [5.41, 5.74) is 0.892. The molecule has 2 amide bonds. The first-order valence-corrected chi connectivity index (χ1v) is 10.9. The van der Waals surface area contributed by atoms with Gasteiger partial charge in [0, 0.05) is 58.1 Å². The predicted octanol–water partition coefficient (Wildman–Crippen LogP) is 2.39. The molecule has 0 saturated carbocycles. The molecule has 1 aromatic carbocycles. The molecule has 3 heterocycles. The Bertz CT molecular complexity index is 976. The third-order valence-electron chi connectivity index (χ3n) is 6.17. The zero-order chi connectivity index (χ0) is 22.7. The van der Waals surface area contributed by atoms with E-state index in [0.717, 1.165) is 30.2 Å². The van der Waals surface area contributed by atoms with Crippen molar-refractivity contribution in [2.45, 2.75) is 31.1 Å². The summed E-state index contributed by atoms with van der Waals surface area (Å²) in [7, 11) is 3.64. The predicted molar refractivity (Wildman–Crippen MR) is 117 cm³/mol. The minimum atomic E-state index is -0.343. The van der Waals surface area contributed by atoms with Crippen LogP contribution in [0.25, 0.3) is 0 Å². The van der Waals surface area contributed by atoms with Gasteiger partial charge in [0.25, 0.3) is 5.91 Å². The molecule has 2 fully saturated rings. The Morgan fingerprint density at radius 3 is 2.53 bits per heavy atom. The van der Waals surface area contributed by atoms with Crippen LogP contribution in [0.15, 0.2) is 30.3 Å². The molecule has 2 aliphatic heterocycles. The number of nitrogens with zero attached hydrogens (tertiary/aromatic N) is 4. The average molecular weight is 442 g/mol. The average Bonchev–Trinajstić information content (AvgIpc) is 3.16. The highest BCUT2D eigenvalue weighted by Gasteiger charge is 2.31. The number of benzene rings is 1. The first-order chi connectivity index (χ1) is 15.4. The molecule has 0 spiro atoms. The highest BCUT2D eigenvalue weighted by molar-refractivity contribution is 5.79. The number of likely N-dealkylation sites (N-methyl/N-ethyl adjacent to an activating group) is 1. The van der Waals surface area contributed by atoms with E-state index >= 15 is 0 Å². The van der Waals surface area contributed by atoms with Gasteiger partial charge in [0.1, 0.15) is 23.2 Å². The van der Waals surface area contributed by atoms with Crippen molar-refractivity contribution in [2.24, 2.45) is 0 Å². The van der Waals surface area contributed by atoms with E-state index in [2.05, 4.69) is 10.3 Å². The highest BCUT2D eigenvalue weighted by atomic mass is 19.1. The normalized spacial score (nSPS) is 19.3. The van der Waals surface area contributed by atoms with E-state index in [9.17, 15) is 14.0 Å². The summed E-state index contributed by atoms with van der Waals surface area (Å²) in [6, 6.07) is 7.55. The van der Waals surface area contributed by atoms with Gasteiger partial charge in [0.05, 0.1) is 5.69 Å². The number of rotatable bonds is 6. The smallest absolute Gasteiger partial charge is 0.260 e. The molecule has 0 unspecified atom stereocenters. The summed E-state index contributed by atoms with van der Waals surface area (Å²) in [6.07, 6.45) is 1.99. The number of hydrogen-bond donors (Lipinski definition) is 1. The van der Waals surface area contributed by atoms with Crippen LogP contribution < -0.4 is 10.1 Å². The van der Waals surface area contributed by atoms with E-state index < -0.39 is 0 Å². The molecular formula is C23H28FN5O3. The van der Waals surface area contributed by atoms with Crippen LogP contribution in [0.5, 0.6) is 5.75 Å². The maximum Gasteiger partial charge on any atom is 0.260 e. The molecule has 0 aliphatic carbocycles. The monoisotopic (exact) mass is 441 g/mol. The zero-order valence-electron chi connectivity index (χ0n) is 18.4. The van der Waals surface area contributed by atoms with E-state index in [-0.39, 0.29) is 36.1 Å². The molecule has 1 aromatic heterocycles. The number of likely N-dealkylation sites (tertiary alicyclic amines) is 2. The molecule has 1 N–H and O–H groups in total. The summed E-state index contributed by atoms with van der Waals surface area (Å²) in [4.78, 5) is 37.5. The maximum atomic E-state index is 13.0. The summed E-state index contributed by atoms with van der Waals surface area (Å²) in [5.74, 6) is 1.91. The Morgan fingerprint density at radius 1 is 1.19 bits per heavy atom. The van der Waals surface area contributed by atoms with Crippen LogP contribution in [0, 0.1) is 5.82 Å². The number of amides is 2. The van der Waals surface area contributed by atoms with E-state index in [1.165, 1.54) is 24.3 Å². The number of anilines is 1. The number of carbonyl (C=O) groups is 2. The summed E-state index contributed by atoms with van der Waals surface area (Å²) in [6.45, 7) is 1.79. The van der Waals surface area contributed by atoms with Crippen LogP contribution in [0.4, 0.5) is 10.2 Å². The van der Waals surface area contributed by atoms with Crippen molar-refractivity contribution in [1.82, 2.24) is 19.8 Å². The van der Waals surface area contributed by atoms with Crippen LogP contribution in [-0.4, -0.2) is 71.9 Å². The van der Waals surface area contributed by atoms with E-state index in [1.54, 1.807) is 9.80 Å². The van der Waals surface area contributed by atoms with Crippen LogP contribution in [0.3, 0.4) is 0 Å². The van der Waals surface area contributed by atoms with Gasteiger partial charge in [-0.2, -0.15) is 0 Å². The molecule has 2 aromatic rings. The Morgan fingerprint density at radius 2 is 1.91 bits per heavy atom. The molecule has 2 saturated heterocycles. The fourth-order valence-electron chi connectivity index (χ4n) is 4.22. The van der Waals surface area contributed by atoms with Crippen molar-refractivity contribution in [3.8, 4) is 5.75 Å². The van der Waals surface area contributed by atoms with Crippen LogP contribution in [0.2, 0.25) is 0 Å². The van der Waals surface area contributed by atoms with Crippen molar-refractivity contribution in [3.63, 3.8) is 0 Å². The molecule has 0 radical (unpaired) electrons. The Hall–Kier alpha value is -3.23. The lowest BCUT2D eigenvalue weighted by Gasteiger charge is -2.31. The number of hydrogen-bond acceptors (Lipinski definition) is 6. The molecule has 9 heteroatoms. The first-order valence-electron chi connectivity index (χ1n) is 10.9. The number of halogens is 1. The second kappa shape index (κ2) is 9.50. The van der Waals surface area contributed by atoms with Gasteiger partial charge < -0.3 is 19.9 Å². The first kappa shape index (κ1) is 22.0. The molecule has 1 atom stereocenters. The number of carbonyl (C=O) groups excluding carboxylic acids is 2. The fourth-order valence-corrected chi connectivity index (χ4v) is 4.22. The number of nitrogens with one attached hydrogen (secondary N) is 1. The summed E-state index contributed by atoms with van der Waals surface area (Å²) >= 11 is 0. The zero-order valence-corrected chi connectivity index (χ0v) is 18.4. The summed E-state index contributed by atoms with van der Waals surface area (Å²) < 4.78 is 18.5. The quantitative estimate of drug-likeness (QED) is 0.741. The second-order valence-electron chi connectivity index (χ2n) is 8.36. The van der Waals surface area contributed by atoms with Gasteiger partial charge in [-0.3, -0.25) is 9.59 Å². The Balaban J connectivity index is 1.36. The molecule has 32 heavy (non-hydrogen) atoms. The highest BCUT2D eigenvalue weighted by Crippen LogP contribution is 2.31. The second-order valence-corrected chi connectivity index (χ2v) is 8.36. The maximum absolute atomic E-state index is 13.0. The van der Waals surface area contributed by atoms with Crippen molar-refractivity contribution < 1.29 is 18.7 Å². The molecule has 0 bridgehead atoms. The molecule has 8 nitrogen and oxygen atoms in total. The van der Waals surface area contributed by atoms with Gasteiger partial charge in [0.2, 0.25) is 5.91 Å². The standard InChI is InChI=1S/C23H28FN5O3/c1-25-20-12-19(16-11-21(30)28(2)13-16)26-23(27-20)15-7-9-29(10-8-15)22(31)14-32-18-5-3-17(24)4-6-18/h3-6,12,15-16H,7-11,13-14H2,1-2H3,(H,25,26,27)/t16-/m0/s1. The van der Waals surface area contributed by atoms with E-state index in [4.69, 9.17) is 9.72 Å². The van der Waals surface area contributed by atoms with Crippen LogP contribution in [-0.2, 0) is 9.59 Å². The van der Waals surface area contributed by atoms with Crippen molar-refractivity contribution >= 4 is 17.6 Å². The van der Waals surface area contributed by atoms with Gasteiger partial charge in [0.15, 0.2) is 6.61 Å². The van der Waals surface area contributed by atoms with Gasteiger partial charge in [-0.25, -0.2) is 14.4 Å². The third-order valence-corrected chi connectivity index (χ3v) is 6.17. The van der Waals surface area contributed by atoms with Crippen LogP contribution >= 0.6 is 0 Å². The number of ether oxygens (including phenoxy) is 1. The SMILES string of the molecule is CNc1cc([C@H]2CC(=O)N(C)C2)nc(C2CCN(C(=O)COc3ccc(F)cc3)CC2)n1. The van der Waals surface area contributed by atoms with Crippen molar-refractivity contribution in [3.05, 3.63) is 47.7 Å². The lowest BCUT2D eigenvalue weighted by molar-refractivity contribution is -0.134. The van der Waals surface area contributed by atoms with Gasteiger partial charge in [-0.1, -0.05) is 0 Å². The lowest BCUT2D eigenvalue weighted by atomic mass is 9.95. The fraction of sp³-hybridized carbons (Fsp3) is 0.478. The van der Waals surface area contributed by atoms with Gasteiger partial charge in [-0.15, -0.1) is 0 Å². The molecule has 4 rings (SSSR count). The Kier molecular flexibility index (Phi) is 6.53. The van der Waals surface area contributed by atoms with E-state index in [0.29, 0.717) is 31.8 Å². The topological polar surface area (TPSA) is 87.7 Å². The summed E-state index contributed by atoms with van der Waals surface area (Å²) in [5, 5.41) is 3.10.